The van der Waals surface area contributed by atoms with Crippen molar-refractivity contribution in [3.05, 3.63) is 0 Å². The van der Waals surface area contributed by atoms with Crippen LogP contribution in [-0.2, 0) is 4.74 Å². The van der Waals surface area contributed by atoms with Crippen molar-refractivity contribution < 1.29 is 4.74 Å². The summed E-state index contributed by atoms with van der Waals surface area (Å²) in [6.45, 7) is 12.5. The summed E-state index contributed by atoms with van der Waals surface area (Å²) in [4.78, 5) is 0. The summed E-state index contributed by atoms with van der Waals surface area (Å²) >= 11 is 0. The summed E-state index contributed by atoms with van der Waals surface area (Å²) in [5, 5.41) is 0. The molecule has 0 aromatic heterocycles. The Labute approximate surface area is 89.2 Å². The molecule has 86 valence electrons. The fraction of sp³-hybridized carbons (Fsp3) is 1.00. The van der Waals surface area contributed by atoms with E-state index in [1.165, 1.54) is 0 Å². The maximum atomic E-state index is 5.78. The van der Waals surface area contributed by atoms with Crippen molar-refractivity contribution >= 4 is 0 Å². The van der Waals surface area contributed by atoms with Crippen LogP contribution in [0.4, 0.5) is 0 Å². The highest BCUT2D eigenvalue weighted by Crippen LogP contribution is 2.21. The molecule has 2 N–H and O–H groups in total. The number of hydrogen-bond acceptors (Lipinski definition) is 2. The molecule has 0 aromatic rings. The Morgan fingerprint density at radius 1 is 1.14 bits per heavy atom. The molecule has 0 fully saturated rings. The van der Waals surface area contributed by atoms with E-state index in [-0.39, 0.29) is 11.0 Å². The molecular formula is C12H27NO. The predicted octanol–water partition coefficient (Wildman–Crippen LogP) is 2.96. The number of ether oxygens (including phenoxy) is 1. The van der Waals surface area contributed by atoms with Crippen LogP contribution in [0.2, 0.25) is 0 Å². The third-order valence-corrected chi connectivity index (χ3v) is 2.89. The molecule has 0 aliphatic rings. The van der Waals surface area contributed by atoms with Crippen molar-refractivity contribution in [2.24, 2.45) is 11.1 Å². The summed E-state index contributed by atoms with van der Waals surface area (Å²) in [6, 6.07) is 0. The Morgan fingerprint density at radius 2 is 1.71 bits per heavy atom. The normalized spacial score (nSPS) is 13.3. The Balaban J connectivity index is 3.57. The molecule has 0 rings (SSSR count). The standard InChI is InChI=1S/C12H27NO/c1-6-12(4,5)14-9-7-8-11(2,3)10-13/h6-10,13H2,1-5H3. The van der Waals surface area contributed by atoms with Gasteiger partial charge in [-0.1, -0.05) is 20.8 Å². The monoisotopic (exact) mass is 201 g/mol. The van der Waals surface area contributed by atoms with Gasteiger partial charge in [-0.2, -0.15) is 0 Å². The molecule has 0 bridgehead atoms. The van der Waals surface area contributed by atoms with Gasteiger partial charge < -0.3 is 10.5 Å². The molecule has 0 spiro atoms. The minimum absolute atomic E-state index is 0.0346. The summed E-state index contributed by atoms with van der Waals surface area (Å²) in [7, 11) is 0. The Kier molecular flexibility index (Phi) is 5.68. The second kappa shape index (κ2) is 5.72. The van der Waals surface area contributed by atoms with Gasteiger partial charge in [0.15, 0.2) is 0 Å². The molecular weight excluding hydrogens is 174 g/mol. The Morgan fingerprint density at radius 3 is 2.14 bits per heavy atom. The van der Waals surface area contributed by atoms with Gasteiger partial charge in [-0.05, 0) is 45.1 Å². The molecule has 0 atom stereocenters. The van der Waals surface area contributed by atoms with E-state index in [1.54, 1.807) is 0 Å². The Bertz CT molecular complexity index is 134. The lowest BCUT2D eigenvalue weighted by Gasteiger charge is -2.26. The summed E-state index contributed by atoms with van der Waals surface area (Å²) < 4.78 is 5.78. The number of nitrogens with two attached hydrogens (primary N) is 1. The lowest BCUT2D eigenvalue weighted by atomic mass is 9.88. The van der Waals surface area contributed by atoms with Crippen molar-refractivity contribution in [3.63, 3.8) is 0 Å². The van der Waals surface area contributed by atoms with Crippen LogP contribution in [0.15, 0.2) is 0 Å². The van der Waals surface area contributed by atoms with E-state index in [0.29, 0.717) is 0 Å². The van der Waals surface area contributed by atoms with Gasteiger partial charge in [-0.25, -0.2) is 0 Å². The molecule has 0 unspecified atom stereocenters. The third-order valence-electron chi connectivity index (χ3n) is 2.89. The number of hydrogen-bond donors (Lipinski definition) is 1. The minimum atomic E-state index is 0.0346. The van der Waals surface area contributed by atoms with Crippen LogP contribution >= 0.6 is 0 Å². The van der Waals surface area contributed by atoms with Crippen LogP contribution in [0.3, 0.4) is 0 Å². The molecule has 0 aromatic carbocycles. The summed E-state index contributed by atoms with van der Waals surface area (Å²) in [6.07, 6.45) is 3.31. The molecule has 14 heavy (non-hydrogen) atoms. The van der Waals surface area contributed by atoms with Gasteiger partial charge in [0.1, 0.15) is 0 Å². The van der Waals surface area contributed by atoms with Crippen LogP contribution in [0.1, 0.15) is 53.9 Å². The Hall–Kier alpha value is -0.0800. The molecule has 0 saturated carbocycles. The van der Waals surface area contributed by atoms with E-state index in [0.717, 1.165) is 32.4 Å². The first-order valence-electron chi connectivity index (χ1n) is 5.67. The quantitative estimate of drug-likeness (QED) is 0.643. The van der Waals surface area contributed by atoms with Gasteiger partial charge in [-0.3, -0.25) is 0 Å². The van der Waals surface area contributed by atoms with Crippen LogP contribution in [-0.4, -0.2) is 18.8 Å². The molecule has 0 saturated heterocycles. The van der Waals surface area contributed by atoms with Crippen LogP contribution < -0.4 is 5.73 Å². The smallest absolute Gasteiger partial charge is 0.0623 e. The van der Waals surface area contributed by atoms with Gasteiger partial charge in [0, 0.05) is 6.61 Å². The van der Waals surface area contributed by atoms with E-state index in [1.807, 2.05) is 0 Å². The minimum Gasteiger partial charge on any atom is -0.376 e. The third kappa shape index (κ3) is 6.39. The molecule has 0 aliphatic heterocycles. The van der Waals surface area contributed by atoms with Crippen molar-refractivity contribution in [1.29, 1.82) is 0 Å². The molecule has 2 nitrogen and oxygen atoms in total. The largest absolute Gasteiger partial charge is 0.376 e. The van der Waals surface area contributed by atoms with Crippen LogP contribution in [0, 0.1) is 5.41 Å². The molecule has 0 radical (unpaired) electrons. The zero-order valence-electron chi connectivity index (χ0n) is 10.5. The summed E-state index contributed by atoms with van der Waals surface area (Å²) in [5.74, 6) is 0. The molecule has 0 aliphatic carbocycles. The van der Waals surface area contributed by atoms with Gasteiger partial charge in [0.25, 0.3) is 0 Å². The maximum Gasteiger partial charge on any atom is 0.0623 e. The zero-order chi connectivity index (χ0) is 11.2. The average molecular weight is 201 g/mol. The molecule has 0 amide bonds. The first-order chi connectivity index (χ1) is 6.33. The average Bonchev–Trinajstić information content (AvgIpc) is 2.13. The highest BCUT2D eigenvalue weighted by atomic mass is 16.5. The van der Waals surface area contributed by atoms with Crippen molar-refractivity contribution in [2.75, 3.05) is 13.2 Å². The lowest BCUT2D eigenvalue weighted by molar-refractivity contribution is -0.0239. The molecule has 2 heteroatoms. The van der Waals surface area contributed by atoms with Crippen LogP contribution in [0.25, 0.3) is 0 Å². The van der Waals surface area contributed by atoms with Gasteiger partial charge in [0.2, 0.25) is 0 Å². The molecule has 0 heterocycles. The van der Waals surface area contributed by atoms with Gasteiger partial charge in [0.05, 0.1) is 5.60 Å². The van der Waals surface area contributed by atoms with E-state index in [2.05, 4.69) is 34.6 Å². The second-order valence-corrected chi connectivity index (χ2v) is 5.43. The van der Waals surface area contributed by atoms with E-state index in [9.17, 15) is 0 Å². The summed E-state index contributed by atoms with van der Waals surface area (Å²) in [5.41, 5.74) is 5.96. The first kappa shape index (κ1) is 13.9. The predicted molar refractivity (Wildman–Crippen MR) is 62.4 cm³/mol. The van der Waals surface area contributed by atoms with Gasteiger partial charge in [-0.15, -0.1) is 0 Å². The highest BCUT2D eigenvalue weighted by Gasteiger charge is 2.17. The highest BCUT2D eigenvalue weighted by molar-refractivity contribution is 4.70. The van der Waals surface area contributed by atoms with Gasteiger partial charge >= 0.3 is 0 Å². The van der Waals surface area contributed by atoms with Crippen molar-refractivity contribution in [1.82, 2.24) is 0 Å². The fourth-order valence-electron chi connectivity index (χ4n) is 1.10. The lowest BCUT2D eigenvalue weighted by Crippen LogP contribution is -2.26. The van der Waals surface area contributed by atoms with Crippen molar-refractivity contribution in [3.8, 4) is 0 Å². The second-order valence-electron chi connectivity index (χ2n) is 5.43. The van der Waals surface area contributed by atoms with E-state index in [4.69, 9.17) is 10.5 Å². The zero-order valence-corrected chi connectivity index (χ0v) is 10.5. The van der Waals surface area contributed by atoms with Crippen LogP contribution in [0.5, 0.6) is 0 Å². The fourth-order valence-corrected chi connectivity index (χ4v) is 1.10. The van der Waals surface area contributed by atoms with Crippen molar-refractivity contribution in [2.45, 2.75) is 59.5 Å². The maximum absolute atomic E-state index is 5.78. The first-order valence-corrected chi connectivity index (χ1v) is 5.67. The van der Waals surface area contributed by atoms with E-state index >= 15 is 0 Å². The van der Waals surface area contributed by atoms with E-state index < -0.39 is 0 Å². The topological polar surface area (TPSA) is 35.2 Å². The SMILES string of the molecule is CCC(C)(C)OCCCC(C)(C)CN. The number of rotatable bonds is 7.